The lowest BCUT2D eigenvalue weighted by molar-refractivity contribution is 0.0665. The molecule has 1 aromatic rings. The van der Waals surface area contributed by atoms with Crippen LogP contribution in [0.1, 0.15) is 36.8 Å². The van der Waals surface area contributed by atoms with E-state index in [4.69, 9.17) is 4.74 Å². The number of aryl methyl sites for hydroxylation is 2. The Bertz CT molecular complexity index is 352. The fourth-order valence-electron chi connectivity index (χ4n) is 2.14. The van der Waals surface area contributed by atoms with Crippen LogP contribution in [0.4, 0.5) is 0 Å². The summed E-state index contributed by atoms with van der Waals surface area (Å²) in [7, 11) is 0. The molecule has 16 heavy (non-hydrogen) atoms. The van der Waals surface area contributed by atoms with E-state index in [1.165, 1.54) is 11.1 Å². The van der Waals surface area contributed by atoms with Crippen LogP contribution in [-0.2, 0) is 0 Å². The first-order valence-electron chi connectivity index (χ1n) is 6.07. The molecule has 0 aliphatic heterocycles. The van der Waals surface area contributed by atoms with Crippen molar-refractivity contribution in [3.63, 3.8) is 0 Å². The number of ether oxygens (including phenoxy) is 1. The fraction of sp³-hybridized carbons (Fsp3) is 0.571. The predicted molar refractivity (Wildman–Crippen MR) is 64.8 cm³/mol. The second kappa shape index (κ2) is 4.88. The third-order valence-corrected chi connectivity index (χ3v) is 3.42. The molecule has 1 aliphatic carbocycles. The van der Waals surface area contributed by atoms with Crippen LogP contribution in [0.2, 0.25) is 0 Å². The van der Waals surface area contributed by atoms with Crippen LogP contribution < -0.4 is 4.74 Å². The van der Waals surface area contributed by atoms with Gasteiger partial charge in [-0.2, -0.15) is 0 Å². The third-order valence-electron chi connectivity index (χ3n) is 3.42. The number of benzene rings is 1. The highest BCUT2D eigenvalue weighted by Gasteiger charge is 2.20. The van der Waals surface area contributed by atoms with Crippen LogP contribution in [0.15, 0.2) is 18.2 Å². The van der Waals surface area contributed by atoms with E-state index in [1.807, 2.05) is 6.07 Å². The van der Waals surface area contributed by atoms with Gasteiger partial charge in [0, 0.05) is 0 Å². The molecule has 1 aliphatic rings. The van der Waals surface area contributed by atoms with Gasteiger partial charge in [-0.25, -0.2) is 0 Å². The summed E-state index contributed by atoms with van der Waals surface area (Å²) in [4.78, 5) is 0. The molecule has 0 atom stereocenters. The number of hydrogen-bond acceptors (Lipinski definition) is 2. The zero-order valence-electron chi connectivity index (χ0n) is 10.1. The molecule has 0 bridgehead atoms. The van der Waals surface area contributed by atoms with E-state index in [0.717, 1.165) is 31.4 Å². The van der Waals surface area contributed by atoms with Gasteiger partial charge in [-0.1, -0.05) is 6.07 Å². The fourth-order valence-corrected chi connectivity index (χ4v) is 2.14. The van der Waals surface area contributed by atoms with E-state index in [9.17, 15) is 5.11 Å². The molecule has 0 aromatic heterocycles. The van der Waals surface area contributed by atoms with E-state index in [0.29, 0.717) is 0 Å². The second-order valence-electron chi connectivity index (χ2n) is 4.79. The standard InChI is InChI=1S/C14H20O2/c1-10-3-6-14(9-11(10)2)16-13-7-4-12(15)5-8-13/h3,6,9,12-13,15H,4-5,7-8H2,1-2H3. The molecule has 1 N–H and O–H groups in total. The van der Waals surface area contributed by atoms with Crippen LogP contribution >= 0.6 is 0 Å². The molecule has 0 spiro atoms. The summed E-state index contributed by atoms with van der Waals surface area (Å²) < 4.78 is 5.93. The minimum Gasteiger partial charge on any atom is -0.490 e. The number of aliphatic hydroxyl groups is 1. The number of aliphatic hydroxyl groups excluding tert-OH is 1. The number of hydrogen-bond donors (Lipinski definition) is 1. The average Bonchev–Trinajstić information content (AvgIpc) is 2.27. The Labute approximate surface area is 97.3 Å². The molecule has 1 fully saturated rings. The molecule has 2 nitrogen and oxygen atoms in total. The first-order valence-corrected chi connectivity index (χ1v) is 6.07. The Hall–Kier alpha value is -1.02. The van der Waals surface area contributed by atoms with Gasteiger partial charge >= 0.3 is 0 Å². The maximum Gasteiger partial charge on any atom is 0.119 e. The molecule has 0 saturated heterocycles. The quantitative estimate of drug-likeness (QED) is 0.830. The predicted octanol–water partition coefficient (Wildman–Crippen LogP) is 2.99. The Kier molecular flexibility index (Phi) is 3.49. The van der Waals surface area contributed by atoms with Gasteiger partial charge in [-0.05, 0) is 62.8 Å². The van der Waals surface area contributed by atoms with Crippen molar-refractivity contribution in [1.82, 2.24) is 0 Å². The molecule has 0 unspecified atom stereocenters. The summed E-state index contributed by atoms with van der Waals surface area (Å²) >= 11 is 0. The normalized spacial score (nSPS) is 25.4. The lowest BCUT2D eigenvalue weighted by Crippen LogP contribution is -2.26. The highest BCUT2D eigenvalue weighted by atomic mass is 16.5. The van der Waals surface area contributed by atoms with E-state index >= 15 is 0 Å². The lowest BCUT2D eigenvalue weighted by atomic mass is 9.95. The summed E-state index contributed by atoms with van der Waals surface area (Å²) in [6, 6.07) is 6.23. The molecule has 1 saturated carbocycles. The molecular formula is C14H20O2. The smallest absolute Gasteiger partial charge is 0.119 e. The van der Waals surface area contributed by atoms with Crippen molar-refractivity contribution in [3.8, 4) is 5.75 Å². The molecule has 0 radical (unpaired) electrons. The third kappa shape index (κ3) is 2.76. The monoisotopic (exact) mass is 220 g/mol. The zero-order valence-corrected chi connectivity index (χ0v) is 10.1. The minimum absolute atomic E-state index is 0.111. The Morgan fingerprint density at radius 2 is 1.75 bits per heavy atom. The summed E-state index contributed by atoms with van der Waals surface area (Å²) in [5, 5.41) is 9.42. The van der Waals surface area contributed by atoms with Crippen molar-refractivity contribution < 1.29 is 9.84 Å². The Morgan fingerprint density at radius 1 is 1.06 bits per heavy atom. The van der Waals surface area contributed by atoms with Gasteiger partial charge in [-0.15, -0.1) is 0 Å². The maximum absolute atomic E-state index is 9.42. The summed E-state index contributed by atoms with van der Waals surface area (Å²) in [6.07, 6.45) is 3.85. The minimum atomic E-state index is -0.111. The highest BCUT2D eigenvalue weighted by Crippen LogP contribution is 2.25. The first-order chi connectivity index (χ1) is 7.65. The topological polar surface area (TPSA) is 29.5 Å². The molecule has 2 heteroatoms. The molecule has 0 amide bonds. The summed E-state index contributed by atoms with van der Waals surface area (Å²) in [5.74, 6) is 0.962. The van der Waals surface area contributed by atoms with E-state index in [2.05, 4.69) is 26.0 Å². The van der Waals surface area contributed by atoms with Gasteiger partial charge < -0.3 is 9.84 Å². The largest absolute Gasteiger partial charge is 0.490 e. The van der Waals surface area contributed by atoms with Crippen molar-refractivity contribution in [2.24, 2.45) is 0 Å². The maximum atomic E-state index is 9.42. The molecule has 0 heterocycles. The van der Waals surface area contributed by atoms with Gasteiger partial charge in [0.1, 0.15) is 5.75 Å². The first kappa shape index (κ1) is 11.5. The number of rotatable bonds is 2. The van der Waals surface area contributed by atoms with Crippen LogP contribution in [0, 0.1) is 13.8 Å². The van der Waals surface area contributed by atoms with Crippen molar-refractivity contribution in [3.05, 3.63) is 29.3 Å². The van der Waals surface area contributed by atoms with Crippen LogP contribution in [0.25, 0.3) is 0 Å². The summed E-state index contributed by atoms with van der Waals surface area (Å²) in [6.45, 7) is 4.21. The van der Waals surface area contributed by atoms with Crippen LogP contribution in [0.3, 0.4) is 0 Å². The molecular weight excluding hydrogens is 200 g/mol. The van der Waals surface area contributed by atoms with Crippen molar-refractivity contribution in [2.45, 2.75) is 51.7 Å². The van der Waals surface area contributed by atoms with Crippen LogP contribution in [-0.4, -0.2) is 17.3 Å². The van der Waals surface area contributed by atoms with Gasteiger partial charge in [0.2, 0.25) is 0 Å². The zero-order chi connectivity index (χ0) is 11.5. The average molecular weight is 220 g/mol. The Morgan fingerprint density at radius 3 is 2.38 bits per heavy atom. The second-order valence-corrected chi connectivity index (χ2v) is 4.79. The van der Waals surface area contributed by atoms with Gasteiger partial charge in [0.05, 0.1) is 12.2 Å². The van der Waals surface area contributed by atoms with Crippen molar-refractivity contribution in [1.29, 1.82) is 0 Å². The summed E-state index contributed by atoms with van der Waals surface area (Å²) in [5.41, 5.74) is 2.57. The molecule has 1 aromatic carbocycles. The highest BCUT2D eigenvalue weighted by molar-refractivity contribution is 5.33. The van der Waals surface area contributed by atoms with E-state index < -0.39 is 0 Å². The van der Waals surface area contributed by atoms with E-state index in [1.54, 1.807) is 0 Å². The van der Waals surface area contributed by atoms with Gasteiger partial charge in [-0.3, -0.25) is 0 Å². The van der Waals surface area contributed by atoms with Gasteiger partial charge in [0.15, 0.2) is 0 Å². The van der Waals surface area contributed by atoms with Crippen molar-refractivity contribution in [2.75, 3.05) is 0 Å². The van der Waals surface area contributed by atoms with Crippen molar-refractivity contribution >= 4 is 0 Å². The Balaban J connectivity index is 1.96. The molecule has 2 rings (SSSR count). The van der Waals surface area contributed by atoms with Gasteiger partial charge in [0.25, 0.3) is 0 Å². The molecule has 88 valence electrons. The lowest BCUT2D eigenvalue weighted by Gasteiger charge is -2.26. The van der Waals surface area contributed by atoms with Crippen LogP contribution in [0.5, 0.6) is 5.75 Å². The SMILES string of the molecule is Cc1ccc(OC2CCC(O)CC2)cc1C. The van der Waals surface area contributed by atoms with E-state index in [-0.39, 0.29) is 12.2 Å².